The molecular formula is C12H16O2. The Morgan fingerprint density at radius 2 is 2.14 bits per heavy atom. The number of fused-ring (bicyclic) bond motifs is 1. The molecule has 1 aromatic carbocycles. The van der Waals surface area contributed by atoms with Gasteiger partial charge in [0, 0.05) is 0 Å². The second-order valence-corrected chi connectivity index (χ2v) is 3.89. The number of hydrogen-bond donors (Lipinski definition) is 2. The van der Waals surface area contributed by atoms with Gasteiger partial charge in [-0.3, -0.25) is 0 Å². The van der Waals surface area contributed by atoms with Crippen LogP contribution in [0.3, 0.4) is 0 Å². The molecule has 0 spiro atoms. The van der Waals surface area contributed by atoms with Gasteiger partial charge in [-0.25, -0.2) is 0 Å². The standard InChI is InChI=1S/C12H16O2/c1-2-8-4-3-5-9-6-7-10(13)12(14)11(8)9/h3-5,10,12-14H,2,6-7H2,1H3. The predicted octanol–water partition coefficient (Wildman–Crippen LogP) is 1.59. The van der Waals surface area contributed by atoms with E-state index in [1.54, 1.807) is 0 Å². The number of hydrogen-bond acceptors (Lipinski definition) is 2. The summed E-state index contributed by atoms with van der Waals surface area (Å²) in [7, 11) is 0. The van der Waals surface area contributed by atoms with Crippen molar-refractivity contribution in [3.8, 4) is 0 Å². The fraction of sp³-hybridized carbons (Fsp3) is 0.500. The highest BCUT2D eigenvalue weighted by molar-refractivity contribution is 5.39. The lowest BCUT2D eigenvalue weighted by Crippen LogP contribution is -2.26. The number of benzene rings is 1. The van der Waals surface area contributed by atoms with Gasteiger partial charge in [0.25, 0.3) is 0 Å². The van der Waals surface area contributed by atoms with Crippen LogP contribution >= 0.6 is 0 Å². The molecule has 2 N–H and O–H groups in total. The topological polar surface area (TPSA) is 40.5 Å². The van der Waals surface area contributed by atoms with Crippen molar-refractivity contribution in [2.75, 3.05) is 0 Å². The van der Waals surface area contributed by atoms with Gasteiger partial charge in [0.1, 0.15) is 6.10 Å². The maximum Gasteiger partial charge on any atom is 0.105 e. The third-order valence-electron chi connectivity index (χ3n) is 3.04. The normalized spacial score (nSPS) is 25.9. The molecule has 2 unspecified atom stereocenters. The summed E-state index contributed by atoms with van der Waals surface area (Å²) in [5.74, 6) is 0. The van der Waals surface area contributed by atoms with Gasteiger partial charge in [-0.05, 0) is 36.0 Å². The molecule has 76 valence electrons. The van der Waals surface area contributed by atoms with E-state index in [0.717, 1.165) is 24.0 Å². The lowest BCUT2D eigenvalue weighted by molar-refractivity contribution is 0.00596. The maximum atomic E-state index is 9.89. The first kappa shape index (κ1) is 9.69. The van der Waals surface area contributed by atoms with Crippen molar-refractivity contribution in [2.45, 2.75) is 38.4 Å². The zero-order valence-corrected chi connectivity index (χ0v) is 8.40. The molecule has 0 bridgehead atoms. The van der Waals surface area contributed by atoms with Crippen LogP contribution in [0, 0.1) is 0 Å². The van der Waals surface area contributed by atoms with Crippen LogP contribution < -0.4 is 0 Å². The van der Waals surface area contributed by atoms with Crippen LogP contribution in [0.1, 0.15) is 36.1 Å². The molecule has 0 aliphatic heterocycles. The van der Waals surface area contributed by atoms with Gasteiger partial charge in [0.05, 0.1) is 6.10 Å². The molecule has 2 rings (SSSR count). The monoisotopic (exact) mass is 192 g/mol. The highest BCUT2D eigenvalue weighted by Crippen LogP contribution is 2.32. The number of aliphatic hydroxyl groups excluding tert-OH is 2. The summed E-state index contributed by atoms with van der Waals surface area (Å²) >= 11 is 0. The summed E-state index contributed by atoms with van der Waals surface area (Å²) in [6.07, 6.45) is 1.18. The predicted molar refractivity (Wildman–Crippen MR) is 55.1 cm³/mol. The van der Waals surface area contributed by atoms with E-state index in [9.17, 15) is 10.2 Å². The van der Waals surface area contributed by atoms with E-state index in [0.29, 0.717) is 6.42 Å². The molecule has 0 saturated carbocycles. The first-order valence-corrected chi connectivity index (χ1v) is 5.20. The third kappa shape index (κ3) is 1.45. The van der Waals surface area contributed by atoms with E-state index in [4.69, 9.17) is 0 Å². The molecule has 1 aromatic rings. The summed E-state index contributed by atoms with van der Waals surface area (Å²) in [6.45, 7) is 2.07. The Kier molecular flexibility index (Phi) is 2.57. The van der Waals surface area contributed by atoms with E-state index in [1.807, 2.05) is 18.2 Å². The maximum absolute atomic E-state index is 9.89. The molecule has 2 heteroatoms. The third-order valence-corrected chi connectivity index (χ3v) is 3.04. The Bertz CT molecular complexity index is 319. The van der Waals surface area contributed by atoms with Gasteiger partial charge >= 0.3 is 0 Å². The molecule has 1 aliphatic rings. The fourth-order valence-corrected chi connectivity index (χ4v) is 2.23. The molecule has 2 nitrogen and oxygen atoms in total. The second kappa shape index (κ2) is 3.71. The van der Waals surface area contributed by atoms with E-state index in [-0.39, 0.29) is 0 Å². The van der Waals surface area contributed by atoms with E-state index in [2.05, 4.69) is 6.92 Å². The first-order valence-electron chi connectivity index (χ1n) is 5.20. The van der Waals surface area contributed by atoms with Gasteiger partial charge < -0.3 is 10.2 Å². The minimum atomic E-state index is -0.685. The number of aryl methyl sites for hydroxylation is 2. The highest BCUT2D eigenvalue weighted by atomic mass is 16.3. The largest absolute Gasteiger partial charge is 0.390 e. The fourth-order valence-electron chi connectivity index (χ4n) is 2.23. The van der Waals surface area contributed by atoms with E-state index < -0.39 is 12.2 Å². The van der Waals surface area contributed by atoms with Crippen molar-refractivity contribution < 1.29 is 10.2 Å². The van der Waals surface area contributed by atoms with Gasteiger partial charge in [0.15, 0.2) is 0 Å². The Balaban J connectivity index is 2.49. The Hall–Kier alpha value is -0.860. The van der Waals surface area contributed by atoms with Crippen molar-refractivity contribution in [3.05, 3.63) is 34.9 Å². The molecule has 0 heterocycles. The van der Waals surface area contributed by atoms with Crippen molar-refractivity contribution in [3.63, 3.8) is 0 Å². The average Bonchev–Trinajstić information content (AvgIpc) is 2.23. The van der Waals surface area contributed by atoms with Crippen LogP contribution in [0.5, 0.6) is 0 Å². The first-order chi connectivity index (χ1) is 6.74. The summed E-state index contributed by atoms with van der Waals surface area (Å²) < 4.78 is 0. The molecule has 0 amide bonds. The molecule has 0 aromatic heterocycles. The number of rotatable bonds is 1. The lowest BCUT2D eigenvalue weighted by atomic mass is 9.84. The van der Waals surface area contributed by atoms with Gasteiger partial charge in [-0.15, -0.1) is 0 Å². The molecular weight excluding hydrogens is 176 g/mol. The minimum Gasteiger partial charge on any atom is -0.390 e. The average molecular weight is 192 g/mol. The van der Waals surface area contributed by atoms with Crippen LogP contribution in [-0.4, -0.2) is 16.3 Å². The van der Waals surface area contributed by atoms with Crippen LogP contribution in [-0.2, 0) is 12.8 Å². The summed E-state index contributed by atoms with van der Waals surface area (Å²) in [4.78, 5) is 0. The van der Waals surface area contributed by atoms with Crippen LogP contribution in [0.2, 0.25) is 0 Å². The minimum absolute atomic E-state index is 0.588. The van der Waals surface area contributed by atoms with E-state index >= 15 is 0 Å². The van der Waals surface area contributed by atoms with Crippen molar-refractivity contribution in [2.24, 2.45) is 0 Å². The second-order valence-electron chi connectivity index (χ2n) is 3.89. The smallest absolute Gasteiger partial charge is 0.105 e. The Morgan fingerprint density at radius 3 is 2.86 bits per heavy atom. The van der Waals surface area contributed by atoms with Crippen molar-refractivity contribution in [1.29, 1.82) is 0 Å². The molecule has 1 aliphatic carbocycles. The zero-order valence-electron chi connectivity index (χ0n) is 8.40. The quantitative estimate of drug-likeness (QED) is 0.709. The van der Waals surface area contributed by atoms with Crippen LogP contribution in [0.15, 0.2) is 18.2 Å². The highest BCUT2D eigenvalue weighted by Gasteiger charge is 2.27. The zero-order chi connectivity index (χ0) is 10.1. The molecule has 2 atom stereocenters. The summed E-state index contributed by atoms with van der Waals surface area (Å²) in [5, 5.41) is 19.5. The SMILES string of the molecule is CCc1cccc2c1C(O)C(O)CC2. The van der Waals surface area contributed by atoms with Gasteiger partial charge in [-0.2, -0.15) is 0 Å². The molecule has 0 saturated heterocycles. The summed E-state index contributed by atoms with van der Waals surface area (Å²) in [6, 6.07) is 6.10. The number of aliphatic hydroxyl groups is 2. The molecule has 0 radical (unpaired) electrons. The van der Waals surface area contributed by atoms with Gasteiger partial charge in [0.2, 0.25) is 0 Å². The lowest BCUT2D eigenvalue weighted by Gasteiger charge is -2.28. The Morgan fingerprint density at radius 1 is 1.36 bits per heavy atom. The molecule has 0 fully saturated rings. The van der Waals surface area contributed by atoms with Crippen LogP contribution in [0.4, 0.5) is 0 Å². The Labute approximate surface area is 84.2 Å². The summed E-state index contributed by atoms with van der Waals surface area (Å²) in [5.41, 5.74) is 3.32. The van der Waals surface area contributed by atoms with Crippen molar-refractivity contribution in [1.82, 2.24) is 0 Å². The van der Waals surface area contributed by atoms with Crippen LogP contribution in [0.25, 0.3) is 0 Å². The van der Waals surface area contributed by atoms with Crippen molar-refractivity contribution >= 4 is 0 Å². The van der Waals surface area contributed by atoms with E-state index in [1.165, 1.54) is 5.56 Å². The molecule has 14 heavy (non-hydrogen) atoms. The van der Waals surface area contributed by atoms with Gasteiger partial charge in [-0.1, -0.05) is 25.1 Å².